The van der Waals surface area contributed by atoms with Crippen LogP contribution in [0.5, 0.6) is 0 Å². The van der Waals surface area contributed by atoms with Gasteiger partial charge in [-0.2, -0.15) is 0 Å². The maximum Gasteiger partial charge on any atom is 0.227 e. The van der Waals surface area contributed by atoms with Crippen molar-refractivity contribution in [3.8, 4) is 0 Å². The summed E-state index contributed by atoms with van der Waals surface area (Å²) < 4.78 is 0. The molecule has 0 aromatic carbocycles. The van der Waals surface area contributed by atoms with Crippen molar-refractivity contribution < 1.29 is 4.79 Å². The molecule has 0 radical (unpaired) electrons. The Balaban J connectivity index is 1.88. The molecule has 0 bridgehead atoms. The van der Waals surface area contributed by atoms with Crippen LogP contribution in [0.1, 0.15) is 29.0 Å². The first-order valence-electron chi connectivity index (χ1n) is 5.70. The fraction of sp³-hybridized carbons (Fsp3) is 0.583. The average molecular weight is 238 g/mol. The molecule has 1 fully saturated rings. The lowest BCUT2D eigenvalue weighted by Gasteiger charge is -2.39. The van der Waals surface area contributed by atoms with Gasteiger partial charge < -0.3 is 11.1 Å². The first-order valence-corrected chi connectivity index (χ1v) is 6.52. The number of nitrogens with one attached hydrogen (secondary N) is 1. The van der Waals surface area contributed by atoms with Crippen molar-refractivity contribution in [1.29, 1.82) is 0 Å². The molecule has 0 aliphatic heterocycles. The Hall–Kier alpha value is -0.870. The SMILES string of the molecule is Cc1ccc(CNC(=O)C2(CN)CCC2)s1. The Labute approximate surface area is 100 Å². The molecule has 1 heterocycles. The van der Waals surface area contributed by atoms with Crippen LogP contribution in [0.15, 0.2) is 12.1 Å². The highest BCUT2D eigenvalue weighted by atomic mass is 32.1. The van der Waals surface area contributed by atoms with E-state index in [1.54, 1.807) is 11.3 Å². The molecule has 0 unspecified atom stereocenters. The number of carbonyl (C=O) groups excluding carboxylic acids is 1. The van der Waals surface area contributed by atoms with E-state index in [1.165, 1.54) is 9.75 Å². The lowest BCUT2D eigenvalue weighted by atomic mass is 9.68. The normalized spacial score (nSPS) is 17.9. The van der Waals surface area contributed by atoms with Crippen LogP contribution in [0, 0.1) is 12.3 Å². The molecule has 1 saturated carbocycles. The first-order chi connectivity index (χ1) is 7.66. The highest BCUT2D eigenvalue weighted by molar-refractivity contribution is 7.11. The third-order valence-electron chi connectivity index (χ3n) is 3.40. The Bertz CT molecular complexity index is 377. The highest BCUT2D eigenvalue weighted by Gasteiger charge is 2.42. The topological polar surface area (TPSA) is 55.1 Å². The van der Waals surface area contributed by atoms with Crippen molar-refractivity contribution in [3.63, 3.8) is 0 Å². The molecule has 1 aliphatic carbocycles. The lowest BCUT2D eigenvalue weighted by Crippen LogP contribution is -2.50. The van der Waals surface area contributed by atoms with Gasteiger partial charge in [0.05, 0.1) is 12.0 Å². The van der Waals surface area contributed by atoms with E-state index in [1.807, 2.05) is 0 Å². The van der Waals surface area contributed by atoms with E-state index in [-0.39, 0.29) is 11.3 Å². The van der Waals surface area contributed by atoms with Gasteiger partial charge in [0.15, 0.2) is 0 Å². The number of carbonyl (C=O) groups is 1. The third kappa shape index (κ3) is 2.13. The van der Waals surface area contributed by atoms with E-state index in [2.05, 4.69) is 24.4 Å². The van der Waals surface area contributed by atoms with Crippen molar-refractivity contribution in [1.82, 2.24) is 5.32 Å². The van der Waals surface area contributed by atoms with E-state index >= 15 is 0 Å². The molecule has 88 valence electrons. The summed E-state index contributed by atoms with van der Waals surface area (Å²) in [6.45, 7) is 3.19. The smallest absolute Gasteiger partial charge is 0.227 e. The van der Waals surface area contributed by atoms with E-state index in [4.69, 9.17) is 5.73 Å². The number of rotatable bonds is 4. The van der Waals surface area contributed by atoms with E-state index < -0.39 is 0 Å². The standard InChI is InChI=1S/C12H18N2OS/c1-9-3-4-10(16-9)7-14-11(15)12(8-13)5-2-6-12/h3-4H,2,5-8,13H2,1H3,(H,14,15). The zero-order valence-corrected chi connectivity index (χ0v) is 10.4. The van der Waals surface area contributed by atoms with E-state index in [9.17, 15) is 4.79 Å². The monoisotopic (exact) mass is 238 g/mol. The maximum absolute atomic E-state index is 12.0. The molecule has 0 atom stereocenters. The minimum Gasteiger partial charge on any atom is -0.351 e. The zero-order chi connectivity index (χ0) is 11.6. The Kier molecular flexibility index (Phi) is 3.30. The van der Waals surface area contributed by atoms with Crippen molar-refractivity contribution >= 4 is 17.2 Å². The van der Waals surface area contributed by atoms with E-state index in [0.717, 1.165) is 19.3 Å². The van der Waals surface area contributed by atoms with Crippen LogP contribution >= 0.6 is 11.3 Å². The predicted octanol–water partition coefficient (Wildman–Crippen LogP) is 1.80. The molecule has 1 aromatic rings. The van der Waals surface area contributed by atoms with Crippen LogP contribution in [0.4, 0.5) is 0 Å². The second-order valence-electron chi connectivity index (χ2n) is 4.53. The summed E-state index contributed by atoms with van der Waals surface area (Å²) in [6.07, 6.45) is 3.01. The van der Waals surface area contributed by atoms with Crippen molar-refractivity contribution in [2.24, 2.45) is 11.1 Å². The summed E-state index contributed by atoms with van der Waals surface area (Å²) in [5.41, 5.74) is 5.43. The molecule has 3 nitrogen and oxygen atoms in total. The summed E-state index contributed by atoms with van der Waals surface area (Å²) >= 11 is 1.73. The van der Waals surface area contributed by atoms with Crippen molar-refractivity contribution in [3.05, 3.63) is 21.9 Å². The van der Waals surface area contributed by atoms with Crippen molar-refractivity contribution in [2.45, 2.75) is 32.7 Å². The largest absolute Gasteiger partial charge is 0.351 e. The average Bonchev–Trinajstić information content (AvgIpc) is 2.60. The Morgan fingerprint density at radius 1 is 1.56 bits per heavy atom. The fourth-order valence-electron chi connectivity index (χ4n) is 2.06. The second-order valence-corrected chi connectivity index (χ2v) is 5.91. The van der Waals surface area contributed by atoms with Crippen LogP contribution in [0.3, 0.4) is 0 Å². The van der Waals surface area contributed by atoms with Crippen LogP contribution in [0.2, 0.25) is 0 Å². The van der Waals surface area contributed by atoms with Gasteiger partial charge in [-0.05, 0) is 31.9 Å². The van der Waals surface area contributed by atoms with Gasteiger partial charge in [-0.25, -0.2) is 0 Å². The van der Waals surface area contributed by atoms with Crippen LogP contribution < -0.4 is 11.1 Å². The molecule has 1 amide bonds. The Morgan fingerprint density at radius 3 is 2.75 bits per heavy atom. The predicted molar refractivity (Wildman–Crippen MR) is 66.2 cm³/mol. The molecule has 16 heavy (non-hydrogen) atoms. The molecule has 3 N–H and O–H groups in total. The third-order valence-corrected chi connectivity index (χ3v) is 4.40. The van der Waals surface area contributed by atoms with Gasteiger partial charge in [-0.15, -0.1) is 11.3 Å². The first kappa shape index (κ1) is 11.6. The molecule has 4 heteroatoms. The van der Waals surface area contributed by atoms with Gasteiger partial charge >= 0.3 is 0 Å². The van der Waals surface area contributed by atoms with Crippen LogP contribution in [-0.4, -0.2) is 12.5 Å². The van der Waals surface area contributed by atoms with Gasteiger partial charge in [0.25, 0.3) is 0 Å². The lowest BCUT2D eigenvalue weighted by molar-refractivity contribution is -0.135. The zero-order valence-electron chi connectivity index (χ0n) is 9.58. The van der Waals surface area contributed by atoms with Crippen molar-refractivity contribution in [2.75, 3.05) is 6.54 Å². The quantitative estimate of drug-likeness (QED) is 0.840. The summed E-state index contributed by atoms with van der Waals surface area (Å²) in [6, 6.07) is 4.14. The molecular weight excluding hydrogens is 220 g/mol. The summed E-state index contributed by atoms with van der Waals surface area (Å²) in [7, 11) is 0. The molecule has 0 spiro atoms. The van der Waals surface area contributed by atoms with Gasteiger partial charge in [0.1, 0.15) is 0 Å². The van der Waals surface area contributed by atoms with Gasteiger partial charge in [0, 0.05) is 16.3 Å². The number of nitrogens with two attached hydrogens (primary N) is 1. The fourth-order valence-corrected chi connectivity index (χ4v) is 2.89. The number of aryl methyl sites for hydroxylation is 1. The Morgan fingerprint density at radius 2 is 2.31 bits per heavy atom. The molecule has 0 saturated heterocycles. The number of amides is 1. The molecule has 1 aromatic heterocycles. The van der Waals surface area contributed by atoms with Gasteiger partial charge in [0.2, 0.25) is 5.91 Å². The minimum atomic E-state index is -0.258. The molecular formula is C12H18N2OS. The van der Waals surface area contributed by atoms with Gasteiger partial charge in [-0.1, -0.05) is 6.42 Å². The van der Waals surface area contributed by atoms with Crippen LogP contribution in [-0.2, 0) is 11.3 Å². The second kappa shape index (κ2) is 4.55. The summed E-state index contributed by atoms with van der Waals surface area (Å²) in [4.78, 5) is 14.5. The van der Waals surface area contributed by atoms with Crippen LogP contribution in [0.25, 0.3) is 0 Å². The van der Waals surface area contributed by atoms with E-state index in [0.29, 0.717) is 13.1 Å². The molecule has 2 rings (SSSR count). The summed E-state index contributed by atoms with van der Waals surface area (Å²) in [5, 5.41) is 3.00. The number of hydrogen-bond acceptors (Lipinski definition) is 3. The highest BCUT2D eigenvalue weighted by Crippen LogP contribution is 2.40. The number of thiophene rings is 1. The molecule has 1 aliphatic rings. The van der Waals surface area contributed by atoms with Gasteiger partial charge in [-0.3, -0.25) is 4.79 Å². The number of hydrogen-bond donors (Lipinski definition) is 2. The maximum atomic E-state index is 12.0. The summed E-state index contributed by atoms with van der Waals surface area (Å²) in [5.74, 6) is 0.132. The minimum absolute atomic E-state index is 0.132.